The number of carbonyl (C=O) groups excluding carboxylic acids is 1. The highest BCUT2D eigenvalue weighted by molar-refractivity contribution is 9.11. The second-order valence-electron chi connectivity index (χ2n) is 4.05. The highest BCUT2D eigenvalue weighted by atomic mass is 79.9. The second-order valence-corrected chi connectivity index (χ2v) is 5.82. The van der Waals surface area contributed by atoms with Crippen LogP contribution in [0.4, 0.5) is 0 Å². The Labute approximate surface area is 107 Å². The van der Waals surface area contributed by atoms with Crippen molar-refractivity contribution in [2.45, 2.75) is 25.7 Å². The summed E-state index contributed by atoms with van der Waals surface area (Å²) in [5, 5.41) is 0. The van der Waals surface area contributed by atoms with Gasteiger partial charge >= 0.3 is 0 Å². The highest BCUT2D eigenvalue weighted by Gasteiger charge is 2.22. The first-order valence-corrected chi connectivity index (χ1v) is 6.73. The van der Waals surface area contributed by atoms with Crippen molar-refractivity contribution in [2.24, 2.45) is 5.92 Å². The maximum Gasteiger partial charge on any atom is 0.164 e. The van der Waals surface area contributed by atoms with Gasteiger partial charge in [-0.15, -0.1) is 0 Å². The van der Waals surface area contributed by atoms with Crippen LogP contribution in [0.2, 0.25) is 0 Å². The van der Waals surface area contributed by atoms with E-state index in [-0.39, 0.29) is 5.78 Å². The zero-order chi connectivity index (χ0) is 10.8. The molecule has 0 bridgehead atoms. The third-order valence-electron chi connectivity index (χ3n) is 2.93. The van der Waals surface area contributed by atoms with Crippen molar-refractivity contribution in [1.82, 2.24) is 0 Å². The maximum absolute atomic E-state index is 12.0. The van der Waals surface area contributed by atoms with E-state index in [2.05, 4.69) is 31.9 Å². The standard InChI is InChI=1S/C12H12Br2O/c13-9-4-5-11(14)10(7-9)12(15)6-8-2-1-3-8/h4-5,7-8H,1-3,6H2. The topological polar surface area (TPSA) is 17.1 Å². The largest absolute Gasteiger partial charge is 0.294 e. The van der Waals surface area contributed by atoms with Crippen molar-refractivity contribution in [2.75, 3.05) is 0 Å². The fraction of sp³-hybridized carbons (Fsp3) is 0.417. The fourth-order valence-electron chi connectivity index (χ4n) is 1.78. The van der Waals surface area contributed by atoms with Crippen LogP contribution >= 0.6 is 31.9 Å². The molecule has 0 N–H and O–H groups in total. The molecule has 15 heavy (non-hydrogen) atoms. The SMILES string of the molecule is O=C(CC1CCC1)c1cc(Br)ccc1Br. The normalized spacial score (nSPS) is 16.1. The minimum absolute atomic E-state index is 0.257. The molecule has 1 aliphatic rings. The average Bonchev–Trinajstić information content (AvgIpc) is 2.15. The Balaban J connectivity index is 2.12. The monoisotopic (exact) mass is 330 g/mol. The Morgan fingerprint density at radius 1 is 1.33 bits per heavy atom. The quantitative estimate of drug-likeness (QED) is 0.741. The molecule has 2 rings (SSSR count). The van der Waals surface area contributed by atoms with Gasteiger partial charge in [0.1, 0.15) is 0 Å². The van der Waals surface area contributed by atoms with Crippen molar-refractivity contribution in [3.05, 3.63) is 32.7 Å². The van der Waals surface area contributed by atoms with Gasteiger partial charge in [-0.2, -0.15) is 0 Å². The number of hydrogen-bond acceptors (Lipinski definition) is 1. The van der Waals surface area contributed by atoms with Crippen molar-refractivity contribution >= 4 is 37.6 Å². The van der Waals surface area contributed by atoms with Crippen LogP contribution in [-0.4, -0.2) is 5.78 Å². The minimum Gasteiger partial charge on any atom is -0.294 e. The molecule has 3 heteroatoms. The number of halogens is 2. The van der Waals surface area contributed by atoms with Crippen molar-refractivity contribution in [1.29, 1.82) is 0 Å². The Bertz CT molecular complexity index is 383. The first-order chi connectivity index (χ1) is 7.16. The maximum atomic E-state index is 12.0. The van der Waals surface area contributed by atoms with E-state index in [1.165, 1.54) is 19.3 Å². The molecule has 1 nitrogen and oxygen atoms in total. The third-order valence-corrected chi connectivity index (χ3v) is 4.11. The molecule has 1 aromatic carbocycles. The molecule has 1 aliphatic carbocycles. The smallest absolute Gasteiger partial charge is 0.164 e. The molecule has 0 unspecified atom stereocenters. The lowest BCUT2D eigenvalue weighted by Crippen LogP contribution is -2.16. The van der Waals surface area contributed by atoms with E-state index in [9.17, 15) is 4.79 Å². The van der Waals surface area contributed by atoms with Crippen LogP contribution in [0.5, 0.6) is 0 Å². The predicted octanol–water partition coefficient (Wildman–Crippen LogP) is 4.58. The zero-order valence-corrected chi connectivity index (χ0v) is 11.5. The molecule has 0 aromatic heterocycles. The van der Waals surface area contributed by atoms with E-state index in [0.717, 1.165) is 14.5 Å². The average molecular weight is 332 g/mol. The van der Waals surface area contributed by atoms with Gasteiger partial charge in [-0.25, -0.2) is 0 Å². The Morgan fingerprint density at radius 3 is 2.67 bits per heavy atom. The van der Waals surface area contributed by atoms with E-state index >= 15 is 0 Å². The summed E-state index contributed by atoms with van der Waals surface area (Å²) < 4.78 is 1.86. The van der Waals surface area contributed by atoms with Crippen molar-refractivity contribution in [3.63, 3.8) is 0 Å². The molecule has 0 atom stereocenters. The van der Waals surface area contributed by atoms with E-state index in [0.29, 0.717) is 12.3 Å². The van der Waals surface area contributed by atoms with Crippen LogP contribution < -0.4 is 0 Å². The van der Waals surface area contributed by atoms with E-state index in [1.54, 1.807) is 0 Å². The lowest BCUT2D eigenvalue weighted by atomic mass is 9.81. The lowest BCUT2D eigenvalue weighted by Gasteiger charge is -2.24. The van der Waals surface area contributed by atoms with Crippen LogP contribution in [0.15, 0.2) is 27.1 Å². The van der Waals surface area contributed by atoms with Crippen LogP contribution in [0.3, 0.4) is 0 Å². The molecular weight excluding hydrogens is 320 g/mol. The van der Waals surface area contributed by atoms with Gasteiger partial charge in [0.2, 0.25) is 0 Å². The summed E-state index contributed by atoms with van der Waals surface area (Å²) in [6.45, 7) is 0. The number of Topliss-reactive ketones (excluding diaryl/α,β-unsaturated/α-hetero) is 1. The molecule has 0 heterocycles. The van der Waals surface area contributed by atoms with Crippen LogP contribution in [0.25, 0.3) is 0 Å². The summed E-state index contributed by atoms with van der Waals surface area (Å²) >= 11 is 6.81. The van der Waals surface area contributed by atoms with Gasteiger partial charge in [0.05, 0.1) is 0 Å². The molecule has 0 amide bonds. The second kappa shape index (κ2) is 4.79. The van der Waals surface area contributed by atoms with Gasteiger partial charge in [-0.05, 0) is 24.1 Å². The summed E-state index contributed by atoms with van der Waals surface area (Å²) in [5.74, 6) is 0.885. The number of ketones is 1. The van der Waals surface area contributed by atoms with Crippen LogP contribution in [0, 0.1) is 5.92 Å². The van der Waals surface area contributed by atoms with Gasteiger partial charge in [-0.1, -0.05) is 51.1 Å². The molecule has 0 aliphatic heterocycles. The summed E-state index contributed by atoms with van der Waals surface area (Å²) in [4.78, 5) is 12.0. The van der Waals surface area contributed by atoms with Crippen molar-refractivity contribution in [3.8, 4) is 0 Å². The number of benzene rings is 1. The Kier molecular flexibility index (Phi) is 3.62. The summed E-state index contributed by atoms with van der Waals surface area (Å²) in [6, 6.07) is 5.74. The molecule has 0 radical (unpaired) electrons. The number of carbonyl (C=O) groups is 1. The van der Waals surface area contributed by atoms with Crippen molar-refractivity contribution < 1.29 is 4.79 Å². The molecule has 1 fully saturated rings. The fourth-order valence-corrected chi connectivity index (χ4v) is 2.61. The van der Waals surface area contributed by atoms with Gasteiger partial charge in [-0.3, -0.25) is 4.79 Å². The van der Waals surface area contributed by atoms with Gasteiger partial charge in [0.25, 0.3) is 0 Å². The van der Waals surface area contributed by atoms with Gasteiger partial charge < -0.3 is 0 Å². The summed E-state index contributed by atoms with van der Waals surface area (Å²) in [7, 11) is 0. The zero-order valence-electron chi connectivity index (χ0n) is 8.30. The summed E-state index contributed by atoms with van der Waals surface area (Å²) in [6.07, 6.45) is 4.43. The Hall–Kier alpha value is -0.150. The first kappa shape index (κ1) is 11.3. The molecule has 80 valence electrons. The van der Waals surface area contributed by atoms with Crippen LogP contribution in [-0.2, 0) is 0 Å². The number of hydrogen-bond donors (Lipinski definition) is 0. The third kappa shape index (κ3) is 2.70. The van der Waals surface area contributed by atoms with E-state index < -0.39 is 0 Å². The Morgan fingerprint density at radius 2 is 2.07 bits per heavy atom. The van der Waals surface area contributed by atoms with Crippen LogP contribution in [0.1, 0.15) is 36.0 Å². The number of rotatable bonds is 3. The van der Waals surface area contributed by atoms with Gasteiger partial charge in [0.15, 0.2) is 5.78 Å². The highest BCUT2D eigenvalue weighted by Crippen LogP contribution is 2.32. The molecule has 1 saturated carbocycles. The summed E-state index contributed by atoms with van der Waals surface area (Å²) in [5.41, 5.74) is 0.802. The molecule has 0 saturated heterocycles. The molecule has 0 spiro atoms. The lowest BCUT2D eigenvalue weighted by molar-refractivity contribution is 0.0935. The van der Waals surface area contributed by atoms with E-state index in [4.69, 9.17) is 0 Å². The molecular formula is C12H12Br2O. The van der Waals surface area contributed by atoms with E-state index in [1.807, 2.05) is 18.2 Å². The van der Waals surface area contributed by atoms with Gasteiger partial charge in [0, 0.05) is 20.9 Å². The predicted molar refractivity (Wildman–Crippen MR) is 68.1 cm³/mol. The molecule has 1 aromatic rings. The first-order valence-electron chi connectivity index (χ1n) is 5.15. The minimum atomic E-state index is 0.257.